The van der Waals surface area contributed by atoms with Crippen molar-refractivity contribution in [3.8, 4) is 11.5 Å². The molecule has 0 saturated carbocycles. The van der Waals surface area contributed by atoms with Gasteiger partial charge in [-0.2, -0.15) is 0 Å². The van der Waals surface area contributed by atoms with E-state index in [0.29, 0.717) is 52.9 Å². The maximum atomic E-state index is 6.07. The standard InChI is InChI=1S/C23H35NO6/c1-19-22(29-16-14-27-12-10-25-3)23(30-17-15-28-13-11-26-4)20(2)24(19)18-21-8-6-5-7-9-21/h5-9H,10-18H2,1-4H3. The highest BCUT2D eigenvalue weighted by molar-refractivity contribution is 5.50. The molecule has 1 heterocycles. The summed E-state index contributed by atoms with van der Waals surface area (Å²) in [6.45, 7) is 8.98. The van der Waals surface area contributed by atoms with Gasteiger partial charge in [-0.15, -0.1) is 0 Å². The molecule has 0 unspecified atom stereocenters. The van der Waals surface area contributed by atoms with Crippen molar-refractivity contribution in [1.82, 2.24) is 4.57 Å². The van der Waals surface area contributed by atoms with E-state index in [1.54, 1.807) is 14.2 Å². The van der Waals surface area contributed by atoms with Crippen molar-refractivity contribution in [1.29, 1.82) is 0 Å². The Morgan fingerprint density at radius 3 is 1.57 bits per heavy atom. The molecule has 168 valence electrons. The molecule has 1 aromatic heterocycles. The molecular weight excluding hydrogens is 386 g/mol. The average Bonchev–Trinajstić information content (AvgIpc) is 2.98. The Balaban J connectivity index is 2.05. The molecular formula is C23H35NO6. The second-order valence-corrected chi connectivity index (χ2v) is 6.81. The number of hydrogen-bond acceptors (Lipinski definition) is 6. The van der Waals surface area contributed by atoms with Gasteiger partial charge in [0.2, 0.25) is 0 Å². The number of rotatable bonds is 16. The average molecular weight is 422 g/mol. The van der Waals surface area contributed by atoms with Crippen molar-refractivity contribution >= 4 is 0 Å². The van der Waals surface area contributed by atoms with Crippen LogP contribution in [-0.2, 0) is 25.5 Å². The fourth-order valence-corrected chi connectivity index (χ4v) is 3.06. The summed E-state index contributed by atoms with van der Waals surface area (Å²) in [6.07, 6.45) is 0. The first-order valence-electron chi connectivity index (χ1n) is 10.3. The molecule has 2 aromatic rings. The summed E-state index contributed by atoms with van der Waals surface area (Å²) in [5, 5.41) is 0. The van der Waals surface area contributed by atoms with E-state index in [2.05, 4.69) is 30.5 Å². The molecule has 7 nitrogen and oxygen atoms in total. The first kappa shape index (κ1) is 24.2. The van der Waals surface area contributed by atoms with Crippen LogP contribution >= 0.6 is 0 Å². The molecule has 0 atom stereocenters. The molecule has 0 amide bonds. The summed E-state index contributed by atoms with van der Waals surface area (Å²) < 4.78 is 35.4. The van der Waals surface area contributed by atoms with Crippen LogP contribution in [0.2, 0.25) is 0 Å². The highest BCUT2D eigenvalue weighted by atomic mass is 16.6. The van der Waals surface area contributed by atoms with Gasteiger partial charge in [0.1, 0.15) is 13.2 Å². The highest BCUT2D eigenvalue weighted by Crippen LogP contribution is 2.38. The van der Waals surface area contributed by atoms with Crippen molar-refractivity contribution in [2.75, 3.05) is 67.1 Å². The normalized spacial score (nSPS) is 11.1. The minimum absolute atomic E-state index is 0.444. The Morgan fingerprint density at radius 2 is 1.10 bits per heavy atom. The lowest BCUT2D eigenvalue weighted by Crippen LogP contribution is -2.12. The minimum atomic E-state index is 0.444. The smallest absolute Gasteiger partial charge is 0.182 e. The first-order valence-corrected chi connectivity index (χ1v) is 10.3. The molecule has 30 heavy (non-hydrogen) atoms. The Hall–Kier alpha value is -2.06. The number of hydrogen-bond donors (Lipinski definition) is 0. The van der Waals surface area contributed by atoms with Gasteiger partial charge in [-0.25, -0.2) is 0 Å². The van der Waals surface area contributed by atoms with Crippen LogP contribution < -0.4 is 9.47 Å². The second-order valence-electron chi connectivity index (χ2n) is 6.81. The summed E-state index contributed by atoms with van der Waals surface area (Å²) >= 11 is 0. The second kappa shape index (κ2) is 14.0. The van der Waals surface area contributed by atoms with Gasteiger partial charge in [0, 0.05) is 20.8 Å². The molecule has 0 aliphatic heterocycles. The molecule has 2 rings (SSSR count). The van der Waals surface area contributed by atoms with Crippen molar-refractivity contribution in [3.05, 3.63) is 47.3 Å². The number of nitrogens with zero attached hydrogens (tertiary/aromatic N) is 1. The SMILES string of the molecule is COCCOCCOc1c(OCCOCCOC)c(C)n(Cc2ccccc2)c1C. The third kappa shape index (κ3) is 7.65. The van der Waals surface area contributed by atoms with Gasteiger partial charge in [0.15, 0.2) is 11.5 Å². The van der Waals surface area contributed by atoms with Crippen molar-refractivity contribution in [2.24, 2.45) is 0 Å². The zero-order valence-electron chi connectivity index (χ0n) is 18.6. The number of aromatic nitrogens is 1. The molecule has 0 saturated heterocycles. The van der Waals surface area contributed by atoms with Gasteiger partial charge < -0.3 is 33.0 Å². The fraction of sp³-hybridized carbons (Fsp3) is 0.565. The van der Waals surface area contributed by atoms with Gasteiger partial charge in [0.25, 0.3) is 0 Å². The van der Waals surface area contributed by atoms with E-state index in [4.69, 9.17) is 28.4 Å². The van der Waals surface area contributed by atoms with Crippen LogP contribution in [0.5, 0.6) is 11.5 Å². The first-order chi connectivity index (χ1) is 14.7. The molecule has 0 aliphatic carbocycles. The Bertz CT molecular complexity index is 677. The minimum Gasteiger partial charge on any atom is -0.485 e. The maximum absolute atomic E-state index is 6.07. The summed E-state index contributed by atoms with van der Waals surface area (Å²) in [7, 11) is 3.31. The van der Waals surface area contributed by atoms with Crippen LogP contribution in [0.1, 0.15) is 17.0 Å². The van der Waals surface area contributed by atoms with Crippen molar-refractivity contribution in [2.45, 2.75) is 20.4 Å². The van der Waals surface area contributed by atoms with E-state index < -0.39 is 0 Å². The topological polar surface area (TPSA) is 60.3 Å². The molecule has 0 aliphatic rings. The zero-order chi connectivity index (χ0) is 21.6. The quantitative estimate of drug-likeness (QED) is 0.388. The molecule has 1 aromatic carbocycles. The van der Waals surface area contributed by atoms with Gasteiger partial charge in [-0.3, -0.25) is 0 Å². The van der Waals surface area contributed by atoms with Crippen molar-refractivity contribution < 1.29 is 28.4 Å². The zero-order valence-corrected chi connectivity index (χ0v) is 18.6. The lowest BCUT2D eigenvalue weighted by Gasteiger charge is -2.11. The Morgan fingerprint density at radius 1 is 0.633 bits per heavy atom. The maximum Gasteiger partial charge on any atom is 0.182 e. The molecule has 0 fully saturated rings. The predicted molar refractivity (Wildman–Crippen MR) is 116 cm³/mol. The fourth-order valence-electron chi connectivity index (χ4n) is 3.06. The molecule has 0 radical (unpaired) electrons. The van der Waals surface area contributed by atoms with Crippen LogP contribution in [-0.4, -0.2) is 71.6 Å². The van der Waals surface area contributed by atoms with Gasteiger partial charge in [-0.05, 0) is 19.4 Å². The number of methoxy groups -OCH3 is 2. The van der Waals surface area contributed by atoms with Crippen LogP contribution in [0, 0.1) is 13.8 Å². The molecule has 0 bridgehead atoms. The van der Waals surface area contributed by atoms with E-state index in [9.17, 15) is 0 Å². The van der Waals surface area contributed by atoms with Crippen molar-refractivity contribution in [3.63, 3.8) is 0 Å². The summed E-state index contributed by atoms with van der Waals surface area (Å²) in [5.74, 6) is 1.52. The van der Waals surface area contributed by atoms with E-state index in [-0.39, 0.29) is 0 Å². The largest absolute Gasteiger partial charge is 0.485 e. The van der Waals surface area contributed by atoms with Gasteiger partial charge >= 0.3 is 0 Å². The Kier molecular flexibility index (Phi) is 11.3. The predicted octanol–water partition coefficient (Wildman–Crippen LogP) is 3.24. The van der Waals surface area contributed by atoms with Crippen LogP contribution in [0.15, 0.2) is 30.3 Å². The number of benzene rings is 1. The van der Waals surface area contributed by atoms with Gasteiger partial charge in [-0.1, -0.05) is 30.3 Å². The van der Waals surface area contributed by atoms with E-state index in [1.807, 2.05) is 18.2 Å². The van der Waals surface area contributed by atoms with Gasteiger partial charge in [0.05, 0.1) is 51.0 Å². The molecule has 0 N–H and O–H groups in total. The van der Waals surface area contributed by atoms with E-state index in [0.717, 1.165) is 29.4 Å². The van der Waals surface area contributed by atoms with Crippen LogP contribution in [0.25, 0.3) is 0 Å². The summed E-state index contributed by atoms with van der Waals surface area (Å²) in [4.78, 5) is 0. The number of ether oxygens (including phenoxy) is 6. The summed E-state index contributed by atoms with van der Waals surface area (Å²) in [5.41, 5.74) is 3.29. The van der Waals surface area contributed by atoms with E-state index >= 15 is 0 Å². The van der Waals surface area contributed by atoms with Crippen LogP contribution in [0.3, 0.4) is 0 Å². The third-order valence-electron chi connectivity index (χ3n) is 4.67. The lowest BCUT2D eigenvalue weighted by atomic mass is 10.2. The van der Waals surface area contributed by atoms with Crippen LogP contribution in [0.4, 0.5) is 0 Å². The Labute approximate surface area is 179 Å². The highest BCUT2D eigenvalue weighted by Gasteiger charge is 2.21. The van der Waals surface area contributed by atoms with E-state index in [1.165, 1.54) is 5.56 Å². The summed E-state index contributed by atoms with van der Waals surface area (Å²) in [6, 6.07) is 10.4. The third-order valence-corrected chi connectivity index (χ3v) is 4.67. The molecule has 7 heteroatoms. The lowest BCUT2D eigenvalue weighted by molar-refractivity contribution is 0.0499. The monoisotopic (exact) mass is 421 g/mol. The molecule has 0 spiro atoms.